The van der Waals surface area contributed by atoms with Gasteiger partial charge in [-0.1, -0.05) is 31.2 Å². The molecule has 2 aromatic rings. The van der Waals surface area contributed by atoms with Crippen LogP contribution in [0.4, 0.5) is 5.82 Å². The maximum absolute atomic E-state index is 12.0. The summed E-state index contributed by atoms with van der Waals surface area (Å²) in [5.41, 5.74) is 4.83. The molecule has 2 heterocycles. The van der Waals surface area contributed by atoms with Gasteiger partial charge in [-0.2, -0.15) is 5.10 Å². The first-order valence-corrected chi connectivity index (χ1v) is 7.60. The van der Waals surface area contributed by atoms with Crippen LogP contribution in [0.1, 0.15) is 48.6 Å². The molecule has 0 spiro atoms. The van der Waals surface area contributed by atoms with Crippen molar-refractivity contribution in [3.05, 3.63) is 46.6 Å². The van der Waals surface area contributed by atoms with Crippen molar-refractivity contribution in [3.63, 3.8) is 0 Å². The number of hydrogen-bond donors (Lipinski definition) is 1. The monoisotopic (exact) mass is 283 g/mol. The number of nitrogens with one attached hydrogen (secondary N) is 1. The fourth-order valence-corrected chi connectivity index (χ4v) is 3.12. The molecule has 1 atom stereocenters. The van der Waals surface area contributed by atoms with Gasteiger partial charge in [-0.25, -0.2) is 0 Å². The highest BCUT2D eigenvalue weighted by Gasteiger charge is 2.31. The van der Waals surface area contributed by atoms with Gasteiger partial charge < -0.3 is 5.32 Å². The lowest BCUT2D eigenvalue weighted by molar-refractivity contribution is -0.116. The van der Waals surface area contributed by atoms with Crippen molar-refractivity contribution in [2.24, 2.45) is 0 Å². The number of carbonyl (C=O) groups excluding carboxylic acids is 1. The van der Waals surface area contributed by atoms with E-state index in [4.69, 9.17) is 0 Å². The Bertz CT molecular complexity index is 670. The van der Waals surface area contributed by atoms with Gasteiger partial charge >= 0.3 is 0 Å². The highest BCUT2D eigenvalue weighted by molar-refractivity contribution is 5.94. The fourth-order valence-electron chi connectivity index (χ4n) is 3.12. The van der Waals surface area contributed by atoms with Gasteiger partial charge in [0.1, 0.15) is 0 Å². The molecule has 1 aromatic carbocycles. The number of amides is 1. The number of carbonyl (C=O) groups is 1. The van der Waals surface area contributed by atoms with Crippen LogP contribution in [0.15, 0.2) is 24.3 Å². The molecule has 1 aliphatic rings. The molecule has 0 radical (unpaired) electrons. The predicted molar refractivity (Wildman–Crippen MR) is 83.5 cm³/mol. The Balaban J connectivity index is 2.07. The van der Waals surface area contributed by atoms with Crippen LogP contribution in [-0.4, -0.2) is 15.7 Å². The number of fused-ring (bicyclic) bond motifs is 1. The van der Waals surface area contributed by atoms with E-state index in [1.807, 2.05) is 4.68 Å². The molecule has 1 unspecified atom stereocenters. The van der Waals surface area contributed by atoms with Crippen LogP contribution >= 0.6 is 0 Å². The van der Waals surface area contributed by atoms with E-state index < -0.39 is 0 Å². The van der Waals surface area contributed by atoms with Gasteiger partial charge in [0.25, 0.3) is 0 Å². The average Bonchev–Trinajstić information content (AvgIpc) is 2.82. The minimum atomic E-state index is 0.0489. The van der Waals surface area contributed by atoms with E-state index in [9.17, 15) is 4.79 Å². The Hall–Kier alpha value is -2.10. The highest BCUT2D eigenvalue weighted by Crippen LogP contribution is 2.38. The average molecular weight is 283 g/mol. The summed E-state index contributed by atoms with van der Waals surface area (Å²) < 4.78 is 1.96. The maximum Gasteiger partial charge on any atom is 0.226 e. The van der Waals surface area contributed by atoms with Gasteiger partial charge in [0.15, 0.2) is 5.82 Å². The molecule has 0 saturated heterocycles. The second-order valence-electron chi connectivity index (χ2n) is 5.56. The Kier molecular flexibility index (Phi) is 3.53. The first kappa shape index (κ1) is 13.9. The second kappa shape index (κ2) is 5.35. The van der Waals surface area contributed by atoms with Crippen LogP contribution in [0.5, 0.6) is 0 Å². The lowest BCUT2D eigenvalue weighted by Gasteiger charge is -2.23. The van der Waals surface area contributed by atoms with E-state index in [1.165, 1.54) is 16.7 Å². The Morgan fingerprint density at radius 2 is 2.00 bits per heavy atom. The molecular weight excluding hydrogens is 262 g/mol. The summed E-state index contributed by atoms with van der Waals surface area (Å²) in [5.74, 6) is 0.892. The first-order valence-electron chi connectivity index (χ1n) is 7.60. The molecule has 4 heteroatoms. The van der Waals surface area contributed by atoms with E-state index in [0.717, 1.165) is 24.5 Å². The number of anilines is 1. The van der Waals surface area contributed by atoms with Crippen molar-refractivity contribution < 1.29 is 4.79 Å². The van der Waals surface area contributed by atoms with Crippen LogP contribution < -0.4 is 5.32 Å². The summed E-state index contributed by atoms with van der Waals surface area (Å²) in [5, 5.41) is 7.42. The zero-order valence-electron chi connectivity index (χ0n) is 12.8. The molecule has 1 aliphatic heterocycles. The van der Waals surface area contributed by atoms with E-state index in [1.54, 1.807) is 0 Å². The number of hydrogen-bond acceptors (Lipinski definition) is 2. The summed E-state index contributed by atoms with van der Waals surface area (Å²) in [4.78, 5) is 12.0. The number of benzene rings is 1. The molecule has 1 amide bonds. The minimum absolute atomic E-state index is 0.0489. The number of aryl methyl sites for hydroxylation is 2. The van der Waals surface area contributed by atoms with Crippen LogP contribution in [0, 0.1) is 6.92 Å². The molecular formula is C17H21N3O. The van der Waals surface area contributed by atoms with Crippen molar-refractivity contribution in [2.75, 3.05) is 5.32 Å². The fraction of sp³-hybridized carbons (Fsp3) is 0.412. The van der Waals surface area contributed by atoms with E-state index in [-0.39, 0.29) is 11.8 Å². The van der Waals surface area contributed by atoms with E-state index >= 15 is 0 Å². The quantitative estimate of drug-likeness (QED) is 0.940. The summed E-state index contributed by atoms with van der Waals surface area (Å²) >= 11 is 0. The van der Waals surface area contributed by atoms with E-state index in [2.05, 4.69) is 55.5 Å². The SMILES string of the molecule is CCc1ccc(C2CC(=O)Nc3nn(CC)c(C)c32)cc1. The van der Waals surface area contributed by atoms with Crippen molar-refractivity contribution in [2.45, 2.75) is 46.1 Å². The second-order valence-corrected chi connectivity index (χ2v) is 5.56. The third-order valence-electron chi connectivity index (χ3n) is 4.34. The summed E-state index contributed by atoms with van der Waals surface area (Å²) in [6.45, 7) is 7.12. The molecule has 110 valence electrons. The van der Waals surface area contributed by atoms with Crippen LogP contribution in [-0.2, 0) is 17.8 Å². The van der Waals surface area contributed by atoms with Gasteiger partial charge in [-0.3, -0.25) is 9.48 Å². The third-order valence-corrected chi connectivity index (χ3v) is 4.34. The Morgan fingerprint density at radius 1 is 1.29 bits per heavy atom. The molecule has 1 aromatic heterocycles. The van der Waals surface area contributed by atoms with Gasteiger partial charge in [-0.05, 0) is 31.4 Å². The third kappa shape index (κ3) is 2.35. The van der Waals surface area contributed by atoms with E-state index in [0.29, 0.717) is 6.42 Å². The summed E-state index contributed by atoms with van der Waals surface area (Å²) in [6.07, 6.45) is 1.53. The molecule has 1 N–H and O–H groups in total. The van der Waals surface area contributed by atoms with Crippen molar-refractivity contribution in [1.29, 1.82) is 0 Å². The van der Waals surface area contributed by atoms with Gasteiger partial charge in [0.05, 0.1) is 0 Å². The molecule has 0 fully saturated rings. The number of nitrogens with zero attached hydrogens (tertiary/aromatic N) is 2. The standard InChI is InChI=1S/C17H21N3O/c1-4-12-6-8-13(9-7-12)14-10-15(21)18-17-16(14)11(3)20(5-2)19-17/h6-9,14H,4-5,10H2,1-3H3,(H,18,19,21). The molecule has 3 rings (SSSR count). The van der Waals surface area contributed by atoms with Crippen LogP contribution in [0.25, 0.3) is 0 Å². The molecule has 0 aliphatic carbocycles. The van der Waals surface area contributed by atoms with Crippen LogP contribution in [0.2, 0.25) is 0 Å². The predicted octanol–water partition coefficient (Wildman–Crippen LogP) is 3.25. The zero-order valence-corrected chi connectivity index (χ0v) is 12.8. The van der Waals surface area contributed by atoms with Crippen molar-refractivity contribution >= 4 is 11.7 Å². The van der Waals surface area contributed by atoms with Gasteiger partial charge in [0, 0.05) is 30.1 Å². The molecule has 4 nitrogen and oxygen atoms in total. The first-order chi connectivity index (χ1) is 10.1. The summed E-state index contributed by atoms with van der Waals surface area (Å²) in [6, 6.07) is 8.60. The Labute approximate surface area is 125 Å². The minimum Gasteiger partial charge on any atom is -0.309 e. The zero-order chi connectivity index (χ0) is 15.0. The lowest BCUT2D eigenvalue weighted by Crippen LogP contribution is -2.23. The Morgan fingerprint density at radius 3 is 2.62 bits per heavy atom. The van der Waals surface area contributed by atoms with Gasteiger partial charge in [0.2, 0.25) is 5.91 Å². The number of aromatic nitrogens is 2. The molecule has 21 heavy (non-hydrogen) atoms. The summed E-state index contributed by atoms with van der Waals surface area (Å²) in [7, 11) is 0. The van der Waals surface area contributed by atoms with Gasteiger partial charge in [-0.15, -0.1) is 0 Å². The topological polar surface area (TPSA) is 46.9 Å². The largest absolute Gasteiger partial charge is 0.309 e. The maximum atomic E-state index is 12.0. The normalized spacial score (nSPS) is 17.5. The number of rotatable bonds is 3. The highest BCUT2D eigenvalue weighted by atomic mass is 16.1. The lowest BCUT2D eigenvalue weighted by atomic mass is 9.85. The molecule has 0 bridgehead atoms. The van der Waals surface area contributed by atoms with Crippen LogP contribution in [0.3, 0.4) is 0 Å². The van der Waals surface area contributed by atoms with Crippen molar-refractivity contribution in [3.8, 4) is 0 Å². The van der Waals surface area contributed by atoms with Crippen molar-refractivity contribution in [1.82, 2.24) is 9.78 Å². The molecule has 0 saturated carbocycles. The smallest absolute Gasteiger partial charge is 0.226 e.